The number of rotatable bonds is 2. The average Bonchev–Trinajstić information content (AvgIpc) is 2.34. The molecule has 0 amide bonds. The van der Waals surface area contributed by atoms with E-state index in [1.807, 2.05) is 0 Å². The van der Waals surface area contributed by atoms with E-state index in [2.05, 4.69) is 9.97 Å². The van der Waals surface area contributed by atoms with E-state index in [4.69, 9.17) is 5.73 Å². The lowest BCUT2D eigenvalue weighted by Gasteiger charge is -1.98. The number of aromatic amines is 2. The Labute approximate surface area is 62.6 Å². The highest BCUT2D eigenvalue weighted by Gasteiger charge is 2.11. The number of nitrogens with two attached hydrogens (primary N) is 1. The van der Waals surface area contributed by atoms with E-state index in [1.54, 1.807) is 6.92 Å². The van der Waals surface area contributed by atoms with Gasteiger partial charge in [-0.05, 0) is 6.92 Å². The van der Waals surface area contributed by atoms with Crippen LogP contribution in [0, 0.1) is 0 Å². The van der Waals surface area contributed by atoms with Crippen LogP contribution in [0.5, 0.6) is 0 Å². The minimum Gasteiger partial charge on any atom is -0.321 e. The predicted molar refractivity (Wildman–Crippen MR) is 39.4 cm³/mol. The fourth-order valence-electron chi connectivity index (χ4n) is 0.710. The second-order valence-corrected chi connectivity index (χ2v) is 2.31. The summed E-state index contributed by atoms with van der Waals surface area (Å²) in [6.45, 7) is 1.56. The van der Waals surface area contributed by atoms with Gasteiger partial charge in [-0.2, -0.15) is 0 Å². The number of hydrogen-bond acceptors (Lipinski definition) is 3. The van der Waals surface area contributed by atoms with Crippen LogP contribution in [0.25, 0.3) is 0 Å². The predicted octanol–water partition coefficient (Wildman–Crippen LogP) is -0.767. The van der Waals surface area contributed by atoms with Crippen LogP contribution < -0.4 is 11.4 Å². The van der Waals surface area contributed by atoms with Crippen LogP contribution in [0.15, 0.2) is 11.0 Å². The Morgan fingerprint density at radius 3 is 2.73 bits per heavy atom. The van der Waals surface area contributed by atoms with Crippen LogP contribution >= 0.6 is 0 Å². The zero-order valence-corrected chi connectivity index (χ0v) is 6.05. The van der Waals surface area contributed by atoms with E-state index in [9.17, 15) is 9.59 Å². The third kappa shape index (κ3) is 1.56. The number of Topliss-reactive ketones (excluding diaryl/α,β-unsaturated/α-hetero) is 1. The van der Waals surface area contributed by atoms with Gasteiger partial charge in [-0.15, -0.1) is 0 Å². The van der Waals surface area contributed by atoms with Gasteiger partial charge < -0.3 is 15.7 Å². The molecule has 0 spiro atoms. The molecule has 0 saturated heterocycles. The third-order valence-corrected chi connectivity index (χ3v) is 1.27. The van der Waals surface area contributed by atoms with Gasteiger partial charge in [0, 0.05) is 6.20 Å². The van der Waals surface area contributed by atoms with Crippen LogP contribution in [0.1, 0.15) is 17.4 Å². The number of hydrogen-bond donors (Lipinski definition) is 3. The van der Waals surface area contributed by atoms with Crippen molar-refractivity contribution in [3.63, 3.8) is 0 Å². The van der Waals surface area contributed by atoms with Crippen molar-refractivity contribution < 1.29 is 4.79 Å². The Morgan fingerprint density at radius 1 is 1.73 bits per heavy atom. The molecule has 11 heavy (non-hydrogen) atoms. The van der Waals surface area contributed by atoms with E-state index in [-0.39, 0.29) is 11.5 Å². The SMILES string of the molecule is CC(N)C(=O)c1c[nH]c(=O)[nH]1. The van der Waals surface area contributed by atoms with Crippen molar-refractivity contribution in [3.05, 3.63) is 22.4 Å². The molecular formula is C6H9N3O2. The minimum atomic E-state index is -0.582. The van der Waals surface area contributed by atoms with Crippen molar-refractivity contribution in [1.82, 2.24) is 9.97 Å². The summed E-state index contributed by atoms with van der Waals surface area (Å²) in [5.74, 6) is -0.275. The van der Waals surface area contributed by atoms with E-state index in [0.29, 0.717) is 0 Å². The van der Waals surface area contributed by atoms with Gasteiger partial charge in [0.1, 0.15) is 5.69 Å². The first-order valence-corrected chi connectivity index (χ1v) is 3.18. The maximum absolute atomic E-state index is 11.0. The van der Waals surface area contributed by atoms with Crippen molar-refractivity contribution >= 4 is 5.78 Å². The topological polar surface area (TPSA) is 91.7 Å². The summed E-state index contributed by atoms with van der Waals surface area (Å²) < 4.78 is 0. The number of imidazole rings is 1. The molecule has 0 saturated carbocycles. The molecule has 1 atom stereocenters. The van der Waals surface area contributed by atoms with Crippen LogP contribution in [-0.2, 0) is 0 Å². The Hall–Kier alpha value is -1.36. The number of H-pyrrole nitrogens is 2. The van der Waals surface area contributed by atoms with Crippen LogP contribution in [0.4, 0.5) is 0 Å². The Morgan fingerprint density at radius 2 is 2.36 bits per heavy atom. The average molecular weight is 155 g/mol. The van der Waals surface area contributed by atoms with Crippen LogP contribution in [0.3, 0.4) is 0 Å². The summed E-state index contributed by atoms with van der Waals surface area (Å²) >= 11 is 0. The van der Waals surface area contributed by atoms with Crippen molar-refractivity contribution in [1.29, 1.82) is 0 Å². The van der Waals surface area contributed by atoms with Crippen molar-refractivity contribution in [3.8, 4) is 0 Å². The zero-order chi connectivity index (χ0) is 8.43. The monoisotopic (exact) mass is 155 g/mol. The highest BCUT2D eigenvalue weighted by Crippen LogP contribution is 1.92. The van der Waals surface area contributed by atoms with Gasteiger partial charge in [-0.25, -0.2) is 4.79 Å². The third-order valence-electron chi connectivity index (χ3n) is 1.27. The quantitative estimate of drug-likeness (QED) is 0.490. The van der Waals surface area contributed by atoms with Crippen molar-refractivity contribution in [2.24, 2.45) is 5.73 Å². The van der Waals surface area contributed by atoms with Gasteiger partial charge in [0.25, 0.3) is 0 Å². The standard InChI is InChI=1S/C6H9N3O2/c1-3(7)5(10)4-2-8-6(11)9-4/h2-3H,7H2,1H3,(H2,8,9,11). The van der Waals surface area contributed by atoms with Crippen molar-refractivity contribution in [2.75, 3.05) is 0 Å². The number of carbonyl (C=O) groups is 1. The molecule has 0 aromatic carbocycles. The largest absolute Gasteiger partial charge is 0.323 e. The summed E-state index contributed by atoms with van der Waals surface area (Å²) in [6.07, 6.45) is 1.31. The molecule has 4 N–H and O–H groups in total. The summed E-state index contributed by atoms with van der Waals surface area (Å²) in [6, 6.07) is -0.582. The van der Waals surface area contributed by atoms with Gasteiger partial charge in [0.15, 0.2) is 5.78 Å². The Kier molecular flexibility index (Phi) is 1.91. The molecule has 60 valence electrons. The van der Waals surface area contributed by atoms with Gasteiger partial charge in [0.05, 0.1) is 6.04 Å². The molecular weight excluding hydrogens is 146 g/mol. The van der Waals surface area contributed by atoms with Gasteiger partial charge in [0.2, 0.25) is 0 Å². The van der Waals surface area contributed by atoms with Gasteiger partial charge in [-0.3, -0.25) is 4.79 Å². The Bertz CT molecular complexity index is 310. The van der Waals surface area contributed by atoms with E-state index >= 15 is 0 Å². The summed E-state index contributed by atoms with van der Waals surface area (Å²) in [4.78, 5) is 26.2. The van der Waals surface area contributed by atoms with Gasteiger partial charge in [-0.1, -0.05) is 0 Å². The van der Waals surface area contributed by atoms with E-state index in [0.717, 1.165) is 0 Å². The number of ketones is 1. The molecule has 1 rings (SSSR count). The highest BCUT2D eigenvalue weighted by molar-refractivity contribution is 5.97. The molecule has 0 fully saturated rings. The first-order chi connectivity index (χ1) is 5.11. The number of carbonyl (C=O) groups excluding carboxylic acids is 1. The molecule has 1 unspecified atom stereocenters. The highest BCUT2D eigenvalue weighted by atomic mass is 16.1. The van der Waals surface area contributed by atoms with E-state index < -0.39 is 11.7 Å². The smallest absolute Gasteiger partial charge is 0.321 e. The summed E-state index contributed by atoms with van der Waals surface area (Å²) in [5.41, 5.74) is 5.12. The molecule has 0 aliphatic rings. The lowest BCUT2D eigenvalue weighted by molar-refractivity contribution is 0.0963. The number of nitrogens with one attached hydrogen (secondary N) is 2. The van der Waals surface area contributed by atoms with Crippen LogP contribution in [0.2, 0.25) is 0 Å². The van der Waals surface area contributed by atoms with Crippen LogP contribution in [-0.4, -0.2) is 21.8 Å². The first-order valence-electron chi connectivity index (χ1n) is 3.18. The maximum Gasteiger partial charge on any atom is 0.323 e. The fraction of sp³-hybridized carbons (Fsp3) is 0.333. The van der Waals surface area contributed by atoms with Crippen molar-refractivity contribution in [2.45, 2.75) is 13.0 Å². The molecule has 5 nitrogen and oxygen atoms in total. The molecule has 0 aliphatic carbocycles. The number of aromatic nitrogens is 2. The second-order valence-electron chi connectivity index (χ2n) is 2.31. The lowest BCUT2D eigenvalue weighted by atomic mass is 10.2. The molecule has 0 aliphatic heterocycles. The normalized spacial score (nSPS) is 12.9. The van der Waals surface area contributed by atoms with Gasteiger partial charge >= 0.3 is 5.69 Å². The molecule has 1 heterocycles. The molecule has 1 aromatic heterocycles. The molecule has 0 radical (unpaired) electrons. The minimum absolute atomic E-state index is 0.227. The molecule has 1 aromatic rings. The molecule has 0 bridgehead atoms. The Balaban J connectivity index is 2.94. The summed E-state index contributed by atoms with van der Waals surface area (Å²) in [5, 5.41) is 0. The fourth-order valence-corrected chi connectivity index (χ4v) is 0.710. The lowest BCUT2D eigenvalue weighted by Crippen LogP contribution is -2.27. The zero-order valence-electron chi connectivity index (χ0n) is 6.05. The maximum atomic E-state index is 11.0. The summed E-state index contributed by atoms with van der Waals surface area (Å²) in [7, 11) is 0. The van der Waals surface area contributed by atoms with E-state index in [1.165, 1.54) is 6.20 Å². The first kappa shape index (κ1) is 7.74. The molecule has 5 heteroatoms. The second kappa shape index (κ2) is 2.71.